The quantitative estimate of drug-likeness (QED) is 0.461. The molecule has 20 heavy (non-hydrogen) atoms. The van der Waals surface area contributed by atoms with Gasteiger partial charge in [-0.3, -0.25) is 9.59 Å². The summed E-state index contributed by atoms with van der Waals surface area (Å²) in [6.07, 6.45) is 0.333. The summed E-state index contributed by atoms with van der Waals surface area (Å²) < 4.78 is 0. The molecule has 116 valence electrons. The fourth-order valence-corrected chi connectivity index (χ4v) is 0. The number of rotatable bonds is 3. The van der Waals surface area contributed by atoms with Crippen LogP contribution in [-0.4, -0.2) is 31.5 Å². The number of carboxylic acids is 3. The molecule has 0 N–H and O–H groups in total. The molecule has 8 nitrogen and oxygen atoms in total. The van der Waals surface area contributed by atoms with Crippen LogP contribution in [0.3, 0.4) is 0 Å². The second-order valence-electron chi connectivity index (χ2n) is 2.18. The van der Waals surface area contributed by atoms with Gasteiger partial charge in [0.15, 0.2) is 0 Å². The molecule has 0 aromatic rings. The molecule has 0 fully saturated rings. The van der Waals surface area contributed by atoms with Crippen molar-refractivity contribution in [3.8, 4) is 0 Å². The number of aliphatic carboxylic acids is 3. The molecule has 0 aromatic heterocycles. The van der Waals surface area contributed by atoms with Crippen LogP contribution < -0.4 is 15.3 Å². The Bertz CT molecular complexity index is 185. The van der Waals surface area contributed by atoms with E-state index in [1.807, 2.05) is 0 Å². The molecule has 0 aliphatic carbocycles. The molecular weight excluding hydrogens is 363 g/mol. The first-order valence-corrected chi connectivity index (χ1v) is 4.81. The van der Waals surface area contributed by atoms with Crippen molar-refractivity contribution in [2.45, 2.75) is 40.0 Å². The molecule has 0 atom stereocenters. The zero-order valence-corrected chi connectivity index (χ0v) is 12.9. The Hall–Kier alpha value is -1.63. The van der Waals surface area contributed by atoms with Crippen LogP contribution in [0.25, 0.3) is 0 Å². The fourth-order valence-electron chi connectivity index (χ4n) is 0. The van der Waals surface area contributed by atoms with Gasteiger partial charge >= 0.3 is 19.5 Å². The summed E-state index contributed by atoms with van der Waals surface area (Å²) in [6, 6.07) is 0. The van der Waals surface area contributed by atoms with E-state index in [0.29, 0.717) is 0 Å². The standard InChI is InChI=1S/3C3H6O2.2CO.Rh/c3*1-2-3(4)5;2*1-2;/h3*2H2,1H3,(H,4,5);;;/q;;;;;+3/p-3. The van der Waals surface area contributed by atoms with Gasteiger partial charge in [-0.25, -0.2) is 0 Å². The number of carbonyl (C=O) groups is 3. The van der Waals surface area contributed by atoms with E-state index in [4.69, 9.17) is 9.59 Å². The zero-order chi connectivity index (χ0) is 16.9. The van der Waals surface area contributed by atoms with E-state index in [-0.39, 0.29) is 38.7 Å². The van der Waals surface area contributed by atoms with Crippen molar-refractivity contribution in [2.24, 2.45) is 0 Å². The van der Waals surface area contributed by atoms with Crippen LogP contribution in [0.4, 0.5) is 0 Å². The Kier molecular flexibility index (Phi) is 78.4. The maximum absolute atomic E-state index is 9.26. The first kappa shape index (κ1) is 36.2. The zero-order valence-electron chi connectivity index (χ0n) is 11.2. The molecule has 0 saturated carbocycles. The minimum atomic E-state index is -0.995. The Morgan fingerprint density at radius 2 is 0.700 bits per heavy atom. The number of hydrogen-bond acceptors (Lipinski definition) is 8. The Morgan fingerprint density at radius 3 is 0.700 bits per heavy atom. The van der Waals surface area contributed by atoms with Crippen LogP contribution in [0.15, 0.2) is 0 Å². The normalized spacial score (nSPS) is 5.95. The molecule has 0 unspecified atom stereocenters. The first-order valence-electron chi connectivity index (χ1n) is 4.81. The van der Waals surface area contributed by atoms with Crippen LogP contribution in [-0.2, 0) is 43.5 Å². The van der Waals surface area contributed by atoms with E-state index in [0.717, 1.165) is 0 Å². The van der Waals surface area contributed by atoms with Gasteiger partial charge < -0.3 is 29.7 Å². The van der Waals surface area contributed by atoms with Crippen molar-refractivity contribution in [2.75, 3.05) is 0 Å². The molecule has 9 heteroatoms. The molecule has 0 amide bonds. The molecule has 0 aliphatic heterocycles. The molecule has 4 radical (unpaired) electrons. The Balaban J connectivity index is -0.0000000319. The van der Waals surface area contributed by atoms with Gasteiger partial charge in [-0.2, -0.15) is 0 Å². The van der Waals surface area contributed by atoms with E-state index < -0.39 is 17.9 Å². The van der Waals surface area contributed by atoms with Gasteiger partial charge in [-0.1, -0.05) is 20.8 Å². The molecule has 0 saturated heterocycles. The van der Waals surface area contributed by atoms with Crippen molar-refractivity contribution in [3.63, 3.8) is 0 Å². The van der Waals surface area contributed by atoms with E-state index in [9.17, 15) is 29.7 Å². The summed E-state index contributed by atoms with van der Waals surface area (Å²) in [5, 5.41) is 27.8. The van der Waals surface area contributed by atoms with Crippen LogP contribution in [0.2, 0.25) is 0 Å². The number of carboxylic acid groups (broad SMARTS) is 3. The molecule has 0 aliphatic rings. The number of carbonyl (C=O) groups excluding carboxylic acids is 5. The van der Waals surface area contributed by atoms with Crippen LogP contribution in [0, 0.1) is 0 Å². The van der Waals surface area contributed by atoms with Gasteiger partial charge in [0.25, 0.3) is 13.6 Å². The van der Waals surface area contributed by atoms with Gasteiger partial charge in [0, 0.05) is 17.9 Å². The van der Waals surface area contributed by atoms with E-state index in [1.165, 1.54) is 20.8 Å². The Morgan fingerprint density at radius 1 is 0.650 bits per heavy atom. The minimum Gasteiger partial charge on any atom is -0.550 e. The largest absolute Gasteiger partial charge is 3.00 e. The molecule has 0 aromatic carbocycles. The average molecular weight is 378 g/mol. The van der Waals surface area contributed by atoms with Crippen molar-refractivity contribution in [1.82, 2.24) is 0 Å². The molecular formula is C11H15O8Rh. The van der Waals surface area contributed by atoms with Crippen molar-refractivity contribution < 1.29 is 58.8 Å². The van der Waals surface area contributed by atoms with Crippen molar-refractivity contribution in [3.05, 3.63) is 0 Å². The van der Waals surface area contributed by atoms with Crippen LogP contribution in [0.1, 0.15) is 40.0 Å². The van der Waals surface area contributed by atoms with Gasteiger partial charge in [-0.05, 0) is 19.3 Å². The van der Waals surface area contributed by atoms with E-state index in [2.05, 4.69) is 13.6 Å². The second kappa shape index (κ2) is 43.3. The van der Waals surface area contributed by atoms with Gasteiger partial charge in [-0.15, -0.1) is 0 Å². The third kappa shape index (κ3) is 202. The second-order valence-corrected chi connectivity index (χ2v) is 2.18. The third-order valence-electron chi connectivity index (χ3n) is 0.866. The van der Waals surface area contributed by atoms with E-state index >= 15 is 0 Å². The average Bonchev–Trinajstić information content (AvgIpc) is 2.44. The summed E-state index contributed by atoms with van der Waals surface area (Å²) in [6.45, 7) is 13.6. The summed E-state index contributed by atoms with van der Waals surface area (Å²) in [4.78, 5) is 42.8. The summed E-state index contributed by atoms with van der Waals surface area (Å²) >= 11 is 0. The molecule has 0 heterocycles. The van der Waals surface area contributed by atoms with Crippen molar-refractivity contribution in [1.29, 1.82) is 0 Å². The van der Waals surface area contributed by atoms with Crippen LogP contribution in [0.5, 0.6) is 0 Å². The molecule has 0 bridgehead atoms. The fraction of sp³-hybridized carbons (Fsp3) is 0.545. The summed E-state index contributed by atoms with van der Waals surface area (Å²) in [7, 11) is 0. The maximum Gasteiger partial charge on any atom is 3.00 e. The van der Waals surface area contributed by atoms with Crippen molar-refractivity contribution >= 4 is 31.5 Å². The minimum absolute atomic E-state index is 0. The Labute approximate surface area is 130 Å². The monoisotopic (exact) mass is 378 g/mol. The number of hydrogen-bond donors (Lipinski definition) is 0. The van der Waals surface area contributed by atoms with Gasteiger partial charge in [0.1, 0.15) is 0 Å². The summed E-state index contributed by atoms with van der Waals surface area (Å²) in [5.74, 6) is -2.99. The molecule has 0 spiro atoms. The van der Waals surface area contributed by atoms with Gasteiger partial charge in [0.05, 0.1) is 0 Å². The SMILES string of the molecule is CCC(=O)[O-].CCC(=O)[O-].CCC(=O)[O-].[C]=O.[C]=O.[Rh+3]. The van der Waals surface area contributed by atoms with E-state index in [1.54, 1.807) is 0 Å². The topological polar surface area (TPSA) is 155 Å². The van der Waals surface area contributed by atoms with Crippen LogP contribution >= 0.6 is 0 Å². The predicted molar refractivity (Wildman–Crippen MR) is 57.3 cm³/mol. The predicted octanol–water partition coefficient (Wildman–Crippen LogP) is -3.36. The smallest absolute Gasteiger partial charge is 0.550 e. The maximum atomic E-state index is 9.26. The van der Waals surface area contributed by atoms with Gasteiger partial charge in [0.2, 0.25) is 0 Å². The molecule has 0 rings (SSSR count). The third-order valence-corrected chi connectivity index (χ3v) is 0.866. The first-order chi connectivity index (χ1) is 8.81. The summed E-state index contributed by atoms with van der Waals surface area (Å²) in [5.41, 5.74) is 0.